The summed E-state index contributed by atoms with van der Waals surface area (Å²) in [7, 11) is 0. The van der Waals surface area contributed by atoms with Gasteiger partial charge in [-0.15, -0.1) is 0 Å². The first-order valence-electron chi connectivity index (χ1n) is 9.52. The maximum absolute atomic E-state index is 13.0. The molecule has 1 N–H and O–H groups in total. The standard InChI is InChI=1S/C22H23FN2O4/c1-14(16-5-9-18(23)10-6-16)24-21(27)15(2)29-22(28)17-7-11-19(12-8-17)25-13-3-4-20(25)26/h5-12,14-15H,3-4,13H2,1-2H3,(H,24,27)/t14-,15+/m0/s1. The van der Waals surface area contributed by atoms with Crippen LogP contribution in [0.1, 0.15) is 48.7 Å². The van der Waals surface area contributed by atoms with Crippen LogP contribution in [0.4, 0.5) is 10.1 Å². The van der Waals surface area contributed by atoms with Crippen molar-refractivity contribution >= 4 is 23.5 Å². The van der Waals surface area contributed by atoms with Gasteiger partial charge in [-0.2, -0.15) is 0 Å². The number of carbonyl (C=O) groups is 3. The molecule has 29 heavy (non-hydrogen) atoms. The van der Waals surface area contributed by atoms with Crippen molar-refractivity contribution in [1.82, 2.24) is 5.32 Å². The lowest BCUT2D eigenvalue weighted by molar-refractivity contribution is -0.129. The van der Waals surface area contributed by atoms with Gasteiger partial charge < -0.3 is 15.0 Å². The van der Waals surface area contributed by atoms with Crippen LogP contribution in [0.3, 0.4) is 0 Å². The topological polar surface area (TPSA) is 75.7 Å². The summed E-state index contributed by atoms with van der Waals surface area (Å²) >= 11 is 0. The Morgan fingerprint density at radius 3 is 2.31 bits per heavy atom. The third kappa shape index (κ3) is 4.99. The zero-order valence-corrected chi connectivity index (χ0v) is 16.4. The minimum Gasteiger partial charge on any atom is -0.449 e. The normalized spacial score (nSPS) is 15.7. The van der Waals surface area contributed by atoms with Crippen LogP contribution < -0.4 is 10.2 Å². The lowest BCUT2D eigenvalue weighted by Crippen LogP contribution is -2.37. The van der Waals surface area contributed by atoms with Crippen molar-refractivity contribution in [3.8, 4) is 0 Å². The SMILES string of the molecule is C[C@H](NC(=O)[C@@H](C)OC(=O)c1ccc(N2CCCC2=O)cc1)c1ccc(F)cc1. The third-order valence-electron chi connectivity index (χ3n) is 4.87. The van der Waals surface area contributed by atoms with Crippen molar-refractivity contribution in [1.29, 1.82) is 0 Å². The number of ether oxygens (including phenoxy) is 1. The molecule has 1 fully saturated rings. The van der Waals surface area contributed by atoms with Crippen LogP contribution >= 0.6 is 0 Å². The number of esters is 1. The molecule has 0 bridgehead atoms. The molecule has 0 saturated carbocycles. The maximum atomic E-state index is 13.0. The molecule has 2 atom stereocenters. The summed E-state index contributed by atoms with van der Waals surface area (Å²) in [5, 5.41) is 2.74. The summed E-state index contributed by atoms with van der Waals surface area (Å²) in [6, 6.07) is 12.0. The summed E-state index contributed by atoms with van der Waals surface area (Å²) in [5.74, 6) is -1.36. The minimum absolute atomic E-state index is 0.0703. The molecule has 2 amide bonds. The fraction of sp³-hybridized carbons (Fsp3) is 0.318. The first-order chi connectivity index (χ1) is 13.8. The van der Waals surface area contributed by atoms with Gasteiger partial charge in [-0.05, 0) is 62.2 Å². The largest absolute Gasteiger partial charge is 0.449 e. The van der Waals surface area contributed by atoms with Gasteiger partial charge in [0.05, 0.1) is 11.6 Å². The summed E-state index contributed by atoms with van der Waals surface area (Å²) < 4.78 is 18.3. The number of rotatable bonds is 6. The highest BCUT2D eigenvalue weighted by Gasteiger charge is 2.23. The number of halogens is 1. The van der Waals surface area contributed by atoms with Crippen LogP contribution in [0.25, 0.3) is 0 Å². The molecule has 152 valence electrons. The average Bonchev–Trinajstić information content (AvgIpc) is 3.14. The second-order valence-electron chi connectivity index (χ2n) is 7.03. The Bertz CT molecular complexity index is 896. The Morgan fingerprint density at radius 1 is 1.07 bits per heavy atom. The smallest absolute Gasteiger partial charge is 0.338 e. The van der Waals surface area contributed by atoms with Crippen molar-refractivity contribution in [2.75, 3.05) is 11.4 Å². The van der Waals surface area contributed by atoms with Crippen LogP contribution in [-0.4, -0.2) is 30.4 Å². The number of amides is 2. The van der Waals surface area contributed by atoms with Gasteiger partial charge in [-0.3, -0.25) is 9.59 Å². The summed E-state index contributed by atoms with van der Waals surface area (Å²) in [4.78, 5) is 38.1. The Labute approximate surface area is 168 Å². The number of nitrogens with one attached hydrogen (secondary N) is 1. The molecule has 3 rings (SSSR count). The van der Waals surface area contributed by atoms with E-state index in [-0.39, 0.29) is 17.8 Å². The molecule has 0 aromatic heterocycles. The number of hydrogen-bond acceptors (Lipinski definition) is 4. The summed E-state index contributed by atoms with van der Waals surface area (Å²) in [5.41, 5.74) is 1.78. The predicted molar refractivity (Wildman–Crippen MR) is 106 cm³/mol. The molecule has 2 aromatic rings. The highest BCUT2D eigenvalue weighted by atomic mass is 19.1. The zero-order chi connectivity index (χ0) is 21.0. The molecule has 0 spiro atoms. The summed E-state index contributed by atoms with van der Waals surface area (Å²) in [6.45, 7) is 3.92. The van der Waals surface area contributed by atoms with Crippen molar-refractivity contribution in [3.05, 3.63) is 65.5 Å². The van der Waals surface area contributed by atoms with Gasteiger partial charge >= 0.3 is 5.97 Å². The predicted octanol–water partition coefficient (Wildman–Crippen LogP) is 3.38. The van der Waals surface area contributed by atoms with Gasteiger partial charge in [-0.25, -0.2) is 9.18 Å². The fourth-order valence-electron chi connectivity index (χ4n) is 3.15. The number of benzene rings is 2. The van der Waals surface area contributed by atoms with Crippen molar-refractivity contribution in [2.24, 2.45) is 0 Å². The van der Waals surface area contributed by atoms with E-state index >= 15 is 0 Å². The fourth-order valence-corrected chi connectivity index (χ4v) is 3.15. The molecule has 1 aliphatic heterocycles. The Hall–Kier alpha value is -3.22. The van der Waals surface area contributed by atoms with Gasteiger partial charge in [0.15, 0.2) is 6.10 Å². The lowest BCUT2D eigenvalue weighted by Gasteiger charge is -2.19. The minimum atomic E-state index is -0.995. The maximum Gasteiger partial charge on any atom is 0.338 e. The Kier molecular flexibility index (Phi) is 6.26. The van der Waals surface area contributed by atoms with Crippen molar-refractivity contribution in [3.63, 3.8) is 0 Å². The van der Waals surface area contributed by atoms with Crippen molar-refractivity contribution in [2.45, 2.75) is 38.8 Å². The van der Waals surface area contributed by atoms with Crippen LogP contribution in [0.5, 0.6) is 0 Å². The average molecular weight is 398 g/mol. The molecule has 0 unspecified atom stereocenters. The number of carbonyl (C=O) groups excluding carboxylic acids is 3. The van der Waals surface area contributed by atoms with Gasteiger partial charge in [0.25, 0.3) is 5.91 Å². The number of anilines is 1. The highest BCUT2D eigenvalue weighted by molar-refractivity contribution is 5.96. The molecule has 1 saturated heterocycles. The van der Waals surface area contributed by atoms with Crippen LogP contribution in [0.15, 0.2) is 48.5 Å². The molecule has 6 nitrogen and oxygen atoms in total. The van der Waals surface area contributed by atoms with E-state index in [1.165, 1.54) is 19.1 Å². The second kappa shape index (κ2) is 8.86. The quantitative estimate of drug-likeness (QED) is 0.757. The van der Waals surface area contributed by atoms with Gasteiger partial charge in [-0.1, -0.05) is 12.1 Å². The van der Waals surface area contributed by atoms with E-state index in [1.54, 1.807) is 48.2 Å². The van der Waals surface area contributed by atoms with E-state index in [1.807, 2.05) is 0 Å². The molecule has 0 aliphatic carbocycles. The van der Waals surface area contributed by atoms with Gasteiger partial charge in [0.1, 0.15) is 5.82 Å². The van der Waals surface area contributed by atoms with Crippen LogP contribution in [-0.2, 0) is 14.3 Å². The number of nitrogens with zero attached hydrogens (tertiary/aromatic N) is 1. The third-order valence-corrected chi connectivity index (χ3v) is 4.87. The molecular weight excluding hydrogens is 375 g/mol. The molecule has 7 heteroatoms. The Balaban J connectivity index is 1.55. The van der Waals surface area contributed by atoms with E-state index in [2.05, 4.69) is 5.32 Å². The lowest BCUT2D eigenvalue weighted by atomic mass is 10.1. The van der Waals surface area contributed by atoms with Gasteiger partial charge in [0, 0.05) is 18.7 Å². The van der Waals surface area contributed by atoms with E-state index in [4.69, 9.17) is 4.74 Å². The molecule has 1 aliphatic rings. The molecule has 0 radical (unpaired) electrons. The highest BCUT2D eigenvalue weighted by Crippen LogP contribution is 2.22. The molecular formula is C22H23FN2O4. The summed E-state index contributed by atoms with van der Waals surface area (Å²) in [6.07, 6.45) is 0.364. The van der Waals surface area contributed by atoms with Gasteiger partial charge in [0.2, 0.25) is 5.91 Å². The van der Waals surface area contributed by atoms with Crippen molar-refractivity contribution < 1.29 is 23.5 Å². The monoisotopic (exact) mass is 398 g/mol. The van der Waals surface area contributed by atoms with E-state index in [9.17, 15) is 18.8 Å². The zero-order valence-electron chi connectivity index (χ0n) is 16.4. The Morgan fingerprint density at radius 2 is 1.72 bits per heavy atom. The van der Waals surface area contributed by atoms with E-state index in [0.717, 1.165) is 17.7 Å². The molecule has 1 heterocycles. The number of hydrogen-bond donors (Lipinski definition) is 1. The second-order valence-corrected chi connectivity index (χ2v) is 7.03. The van der Waals surface area contributed by atoms with E-state index < -0.39 is 18.0 Å². The van der Waals surface area contributed by atoms with E-state index in [0.29, 0.717) is 18.5 Å². The van der Waals surface area contributed by atoms with Crippen LogP contribution in [0, 0.1) is 5.82 Å². The molecule has 2 aromatic carbocycles. The van der Waals surface area contributed by atoms with Crippen LogP contribution in [0.2, 0.25) is 0 Å². The first-order valence-corrected chi connectivity index (χ1v) is 9.52. The first kappa shape index (κ1) is 20.5.